The van der Waals surface area contributed by atoms with Crippen LogP contribution in [0, 0.1) is 17.8 Å². The van der Waals surface area contributed by atoms with Crippen molar-refractivity contribution in [3.05, 3.63) is 48.0 Å². The van der Waals surface area contributed by atoms with Crippen molar-refractivity contribution in [1.82, 2.24) is 5.32 Å². The third kappa shape index (κ3) is 5.46. The van der Waals surface area contributed by atoms with E-state index in [2.05, 4.69) is 17.6 Å². The van der Waals surface area contributed by atoms with Gasteiger partial charge in [-0.05, 0) is 68.2 Å². The number of hydrogen-bond donors (Lipinski definition) is 2. The van der Waals surface area contributed by atoms with Crippen LogP contribution >= 0.6 is 11.8 Å². The molecule has 2 saturated carbocycles. The maximum absolute atomic E-state index is 13.1. The van der Waals surface area contributed by atoms with Gasteiger partial charge in [0.2, 0.25) is 5.91 Å². The van der Waals surface area contributed by atoms with Crippen LogP contribution in [0.25, 0.3) is 0 Å². The van der Waals surface area contributed by atoms with E-state index in [1.54, 1.807) is 32.4 Å². The molecule has 2 amide bonds. The molecule has 0 radical (unpaired) electrons. The highest BCUT2D eigenvalue weighted by atomic mass is 32.2. The average molecular weight is 469 g/mol. The van der Waals surface area contributed by atoms with Crippen LogP contribution in [0.2, 0.25) is 0 Å². The summed E-state index contributed by atoms with van der Waals surface area (Å²) >= 11 is 1.36. The highest BCUT2D eigenvalue weighted by molar-refractivity contribution is 8.00. The molecule has 0 aliphatic heterocycles. The van der Waals surface area contributed by atoms with E-state index in [1.165, 1.54) is 37.4 Å². The lowest BCUT2D eigenvalue weighted by Gasteiger charge is -2.28. The summed E-state index contributed by atoms with van der Waals surface area (Å²) in [5, 5.41) is 6.11. The number of thioether (sulfide) groups is 1. The average Bonchev–Trinajstić information content (AvgIpc) is 3.47. The normalized spacial score (nSPS) is 22.0. The van der Waals surface area contributed by atoms with E-state index in [0.29, 0.717) is 28.7 Å². The van der Waals surface area contributed by atoms with Gasteiger partial charge in [-0.1, -0.05) is 18.6 Å². The SMILES string of the molecule is COc1ccc(NC(=O)CSc2ccccc2C(=O)NC(C)C2CC3CCC2C3)cc1OC. The maximum Gasteiger partial charge on any atom is 0.252 e. The van der Waals surface area contributed by atoms with Crippen LogP contribution in [0.4, 0.5) is 5.69 Å². The number of rotatable bonds is 9. The minimum atomic E-state index is -0.155. The van der Waals surface area contributed by atoms with Crippen LogP contribution in [-0.2, 0) is 4.79 Å². The monoisotopic (exact) mass is 468 g/mol. The van der Waals surface area contributed by atoms with Crippen LogP contribution < -0.4 is 20.1 Å². The minimum absolute atomic E-state index is 0.0614. The fraction of sp³-hybridized carbons (Fsp3) is 0.462. The van der Waals surface area contributed by atoms with Crippen molar-refractivity contribution in [2.24, 2.45) is 17.8 Å². The lowest BCUT2D eigenvalue weighted by Crippen LogP contribution is -2.40. The third-order valence-electron chi connectivity index (χ3n) is 6.95. The van der Waals surface area contributed by atoms with Crippen molar-refractivity contribution in [1.29, 1.82) is 0 Å². The zero-order valence-corrected chi connectivity index (χ0v) is 20.2. The number of carbonyl (C=O) groups is 2. The summed E-state index contributed by atoms with van der Waals surface area (Å²) in [6.45, 7) is 2.13. The third-order valence-corrected chi connectivity index (χ3v) is 8.03. The van der Waals surface area contributed by atoms with Gasteiger partial charge in [-0.3, -0.25) is 9.59 Å². The second-order valence-corrected chi connectivity index (χ2v) is 10.0. The number of hydrogen-bond acceptors (Lipinski definition) is 5. The van der Waals surface area contributed by atoms with Crippen molar-refractivity contribution in [2.75, 3.05) is 25.3 Å². The lowest BCUT2D eigenvalue weighted by molar-refractivity contribution is -0.113. The predicted molar refractivity (Wildman–Crippen MR) is 131 cm³/mol. The van der Waals surface area contributed by atoms with Gasteiger partial charge in [0.1, 0.15) is 0 Å². The Balaban J connectivity index is 1.34. The fourth-order valence-corrected chi connectivity index (χ4v) is 6.18. The fourth-order valence-electron chi connectivity index (χ4n) is 5.33. The Bertz CT molecular complexity index is 1010. The Morgan fingerprint density at radius 3 is 2.55 bits per heavy atom. The molecule has 4 rings (SSSR count). The van der Waals surface area contributed by atoms with Crippen molar-refractivity contribution < 1.29 is 19.1 Å². The topological polar surface area (TPSA) is 76.7 Å². The molecule has 176 valence electrons. The summed E-state index contributed by atoms with van der Waals surface area (Å²) in [7, 11) is 3.12. The number of ether oxygens (including phenoxy) is 2. The van der Waals surface area contributed by atoms with Gasteiger partial charge in [-0.2, -0.15) is 0 Å². The summed E-state index contributed by atoms with van der Waals surface area (Å²) in [5.41, 5.74) is 1.25. The van der Waals surface area contributed by atoms with Gasteiger partial charge in [0.15, 0.2) is 11.5 Å². The number of methoxy groups -OCH3 is 2. The van der Waals surface area contributed by atoms with Gasteiger partial charge in [0, 0.05) is 22.7 Å². The lowest BCUT2D eigenvalue weighted by atomic mass is 9.84. The standard InChI is InChI=1S/C26H32N2O4S/c1-16(21-13-17-8-9-18(21)12-17)27-26(30)20-6-4-5-7-24(20)33-15-25(29)28-19-10-11-22(31-2)23(14-19)32-3/h4-7,10-11,14,16-18,21H,8-9,12-13,15H2,1-3H3,(H,27,30)(H,28,29). The van der Waals surface area contributed by atoms with Gasteiger partial charge < -0.3 is 20.1 Å². The first-order valence-corrected chi connectivity index (χ1v) is 12.5. The van der Waals surface area contributed by atoms with Crippen molar-refractivity contribution in [3.8, 4) is 11.5 Å². The van der Waals surface area contributed by atoms with Crippen LogP contribution in [0.15, 0.2) is 47.4 Å². The summed E-state index contributed by atoms with van der Waals surface area (Å²) in [4.78, 5) is 26.4. The van der Waals surface area contributed by atoms with Crippen molar-refractivity contribution >= 4 is 29.3 Å². The number of carbonyl (C=O) groups excluding carboxylic acids is 2. The molecular weight excluding hydrogens is 436 g/mol. The zero-order chi connectivity index (χ0) is 23.4. The van der Waals surface area contributed by atoms with Gasteiger partial charge in [-0.15, -0.1) is 11.8 Å². The first-order chi connectivity index (χ1) is 16.0. The first kappa shape index (κ1) is 23.5. The van der Waals surface area contributed by atoms with E-state index in [9.17, 15) is 9.59 Å². The molecule has 0 spiro atoms. The smallest absolute Gasteiger partial charge is 0.252 e. The number of benzene rings is 2. The second kappa shape index (κ2) is 10.5. The molecule has 2 aromatic carbocycles. The minimum Gasteiger partial charge on any atom is -0.493 e. The van der Waals surface area contributed by atoms with Crippen LogP contribution in [0.3, 0.4) is 0 Å². The molecule has 2 aliphatic rings. The highest BCUT2D eigenvalue weighted by Gasteiger charge is 2.42. The molecule has 7 heteroatoms. The van der Waals surface area contributed by atoms with Crippen LogP contribution in [-0.4, -0.2) is 37.8 Å². The molecule has 0 heterocycles. The van der Waals surface area contributed by atoms with Crippen molar-refractivity contribution in [2.45, 2.75) is 43.5 Å². The number of anilines is 1. The van der Waals surface area contributed by atoms with Crippen LogP contribution in [0.5, 0.6) is 11.5 Å². The Hall–Kier alpha value is -2.67. The molecule has 4 unspecified atom stereocenters. The summed E-state index contributed by atoms with van der Waals surface area (Å²) in [5.74, 6) is 3.33. The Morgan fingerprint density at radius 1 is 1.06 bits per heavy atom. The van der Waals surface area contributed by atoms with Gasteiger partial charge >= 0.3 is 0 Å². The number of nitrogens with one attached hydrogen (secondary N) is 2. The molecule has 6 nitrogen and oxygen atoms in total. The summed E-state index contributed by atoms with van der Waals surface area (Å²) < 4.78 is 10.5. The van der Waals surface area contributed by atoms with Gasteiger partial charge in [0.25, 0.3) is 5.91 Å². The highest BCUT2D eigenvalue weighted by Crippen LogP contribution is 2.49. The second-order valence-electron chi connectivity index (χ2n) is 9.00. The Labute approximate surface area is 199 Å². The molecule has 4 atom stereocenters. The quantitative estimate of drug-likeness (QED) is 0.507. The zero-order valence-electron chi connectivity index (χ0n) is 19.4. The van der Waals surface area contributed by atoms with Gasteiger partial charge in [-0.25, -0.2) is 0 Å². The molecular formula is C26H32N2O4S. The van der Waals surface area contributed by atoms with E-state index >= 15 is 0 Å². The molecule has 2 bridgehead atoms. The summed E-state index contributed by atoms with van der Waals surface area (Å²) in [6.07, 6.45) is 5.22. The molecule has 2 fully saturated rings. The predicted octanol–water partition coefficient (Wildman–Crippen LogP) is 4.99. The molecule has 2 aliphatic carbocycles. The number of fused-ring (bicyclic) bond motifs is 2. The van der Waals surface area contributed by atoms with Gasteiger partial charge in [0.05, 0.1) is 25.5 Å². The largest absolute Gasteiger partial charge is 0.493 e. The van der Waals surface area contributed by atoms with E-state index in [4.69, 9.17) is 9.47 Å². The molecule has 0 saturated heterocycles. The molecule has 2 aromatic rings. The summed E-state index contributed by atoms with van der Waals surface area (Å²) in [6, 6.07) is 12.9. The molecule has 0 aromatic heterocycles. The van der Waals surface area contributed by atoms with E-state index in [-0.39, 0.29) is 23.6 Å². The number of amides is 2. The van der Waals surface area contributed by atoms with E-state index in [0.717, 1.165) is 16.7 Å². The van der Waals surface area contributed by atoms with E-state index < -0.39 is 0 Å². The van der Waals surface area contributed by atoms with Crippen molar-refractivity contribution in [3.63, 3.8) is 0 Å². The van der Waals surface area contributed by atoms with Crippen LogP contribution in [0.1, 0.15) is 43.0 Å². The maximum atomic E-state index is 13.1. The molecule has 33 heavy (non-hydrogen) atoms. The molecule has 2 N–H and O–H groups in total. The Kier molecular flexibility index (Phi) is 7.48. The first-order valence-electron chi connectivity index (χ1n) is 11.5. The van der Waals surface area contributed by atoms with E-state index in [1.807, 2.05) is 24.3 Å². The Morgan fingerprint density at radius 2 is 1.85 bits per heavy atom.